The van der Waals surface area contributed by atoms with Crippen molar-refractivity contribution in [2.24, 2.45) is 11.8 Å². The zero-order valence-electron chi connectivity index (χ0n) is 13.0. The Morgan fingerprint density at radius 1 is 1.28 bits per heavy atom. The van der Waals surface area contributed by atoms with E-state index in [1.54, 1.807) is 0 Å². The summed E-state index contributed by atoms with van der Waals surface area (Å²) in [6.07, 6.45) is 1.88. The van der Waals surface area contributed by atoms with E-state index >= 15 is 0 Å². The minimum absolute atomic E-state index is 0.251. The predicted octanol–water partition coefficient (Wildman–Crippen LogP) is 3.33. The molecule has 3 nitrogen and oxygen atoms in total. The molecule has 0 aliphatic carbocycles. The van der Waals surface area contributed by atoms with Crippen LogP contribution < -0.4 is 0 Å². The van der Waals surface area contributed by atoms with Crippen molar-refractivity contribution >= 4 is 5.91 Å². The third-order valence-corrected chi connectivity index (χ3v) is 2.47. The standard InChI is InChI=1S/C11H21NO2.C4H10/c1-4-11(13)12-6-5-10(7-12)14-8-9(2)3;1-4(2)3/h9-10H,4-8H2,1-3H3;4H,1-3H3. The van der Waals surface area contributed by atoms with Crippen molar-refractivity contribution in [2.45, 2.75) is 60.5 Å². The van der Waals surface area contributed by atoms with Crippen LogP contribution in [0.2, 0.25) is 0 Å². The van der Waals surface area contributed by atoms with E-state index in [4.69, 9.17) is 4.74 Å². The van der Waals surface area contributed by atoms with Crippen LogP contribution in [0.4, 0.5) is 0 Å². The van der Waals surface area contributed by atoms with Gasteiger partial charge in [0.25, 0.3) is 0 Å². The van der Waals surface area contributed by atoms with Crippen molar-refractivity contribution in [3.05, 3.63) is 0 Å². The van der Waals surface area contributed by atoms with Crippen molar-refractivity contribution in [1.29, 1.82) is 0 Å². The molecule has 0 bridgehead atoms. The summed E-state index contributed by atoms with van der Waals surface area (Å²) in [6, 6.07) is 0. The molecule has 0 saturated carbocycles. The fourth-order valence-corrected chi connectivity index (χ4v) is 1.64. The van der Waals surface area contributed by atoms with Crippen LogP contribution in [0.3, 0.4) is 0 Å². The van der Waals surface area contributed by atoms with Gasteiger partial charge < -0.3 is 9.64 Å². The molecule has 18 heavy (non-hydrogen) atoms. The quantitative estimate of drug-likeness (QED) is 0.773. The molecule has 1 fully saturated rings. The molecule has 108 valence electrons. The average Bonchev–Trinajstić information content (AvgIpc) is 2.73. The maximum Gasteiger partial charge on any atom is 0.222 e. The molecular weight excluding hydrogens is 226 g/mol. The average molecular weight is 257 g/mol. The molecule has 0 N–H and O–H groups in total. The van der Waals surface area contributed by atoms with E-state index in [1.807, 2.05) is 11.8 Å². The lowest BCUT2D eigenvalue weighted by Crippen LogP contribution is -2.29. The number of likely N-dealkylation sites (tertiary alicyclic amines) is 1. The number of nitrogens with zero attached hydrogens (tertiary/aromatic N) is 1. The summed E-state index contributed by atoms with van der Waals surface area (Å²) >= 11 is 0. The van der Waals surface area contributed by atoms with Crippen molar-refractivity contribution < 1.29 is 9.53 Å². The van der Waals surface area contributed by atoms with Crippen molar-refractivity contribution in [3.8, 4) is 0 Å². The second-order valence-corrected chi connectivity index (χ2v) is 6.06. The molecule has 0 aromatic heterocycles. The monoisotopic (exact) mass is 257 g/mol. The molecule has 1 saturated heterocycles. The zero-order valence-corrected chi connectivity index (χ0v) is 13.0. The van der Waals surface area contributed by atoms with E-state index in [1.165, 1.54) is 0 Å². The summed E-state index contributed by atoms with van der Waals surface area (Å²) in [7, 11) is 0. The molecule has 1 unspecified atom stereocenters. The van der Waals surface area contributed by atoms with E-state index in [2.05, 4.69) is 34.6 Å². The second-order valence-electron chi connectivity index (χ2n) is 6.06. The number of ether oxygens (including phenoxy) is 1. The van der Waals surface area contributed by atoms with E-state index < -0.39 is 0 Å². The first-order chi connectivity index (χ1) is 8.36. The van der Waals surface area contributed by atoms with Crippen LogP contribution in [0.1, 0.15) is 54.4 Å². The summed E-state index contributed by atoms with van der Waals surface area (Å²) in [5.74, 6) is 1.66. The number of hydrogen-bond acceptors (Lipinski definition) is 2. The highest BCUT2D eigenvalue weighted by Gasteiger charge is 2.25. The van der Waals surface area contributed by atoms with E-state index in [9.17, 15) is 4.79 Å². The molecular formula is C15H31NO2. The van der Waals surface area contributed by atoms with Crippen molar-refractivity contribution in [1.82, 2.24) is 4.90 Å². The zero-order chi connectivity index (χ0) is 14.1. The maximum absolute atomic E-state index is 11.4. The molecule has 1 atom stereocenters. The molecule has 0 aromatic rings. The molecule has 1 amide bonds. The van der Waals surface area contributed by atoms with Gasteiger partial charge in [-0.05, 0) is 18.3 Å². The minimum atomic E-state index is 0.251. The van der Waals surface area contributed by atoms with Gasteiger partial charge in [-0.1, -0.05) is 41.5 Å². The highest BCUT2D eigenvalue weighted by molar-refractivity contribution is 5.76. The van der Waals surface area contributed by atoms with Gasteiger partial charge in [0.15, 0.2) is 0 Å². The van der Waals surface area contributed by atoms with Gasteiger partial charge in [-0.25, -0.2) is 0 Å². The lowest BCUT2D eigenvalue weighted by molar-refractivity contribution is -0.130. The highest BCUT2D eigenvalue weighted by Crippen LogP contribution is 2.14. The third kappa shape index (κ3) is 8.51. The lowest BCUT2D eigenvalue weighted by atomic mass is 10.2. The van der Waals surface area contributed by atoms with Gasteiger partial charge in [0.1, 0.15) is 0 Å². The highest BCUT2D eigenvalue weighted by atomic mass is 16.5. The maximum atomic E-state index is 11.4. The summed E-state index contributed by atoms with van der Waals surface area (Å²) < 4.78 is 5.70. The van der Waals surface area contributed by atoms with E-state index in [-0.39, 0.29) is 12.0 Å². The molecule has 3 heteroatoms. The normalized spacial score (nSPS) is 19.1. The third-order valence-electron chi connectivity index (χ3n) is 2.47. The Labute approximate surface area is 113 Å². The summed E-state index contributed by atoms with van der Waals surface area (Å²) in [5.41, 5.74) is 0. The minimum Gasteiger partial charge on any atom is -0.376 e. The van der Waals surface area contributed by atoms with Crippen LogP contribution in [0.25, 0.3) is 0 Å². The van der Waals surface area contributed by atoms with Crippen LogP contribution >= 0.6 is 0 Å². The molecule has 1 heterocycles. The van der Waals surface area contributed by atoms with E-state index in [0.717, 1.165) is 32.0 Å². The van der Waals surface area contributed by atoms with Gasteiger partial charge in [0.2, 0.25) is 5.91 Å². The fourth-order valence-electron chi connectivity index (χ4n) is 1.64. The molecule has 1 rings (SSSR count). The Morgan fingerprint density at radius 3 is 2.28 bits per heavy atom. The first kappa shape index (κ1) is 17.4. The topological polar surface area (TPSA) is 29.5 Å². The molecule has 0 spiro atoms. The van der Waals surface area contributed by atoms with Crippen LogP contribution in [0, 0.1) is 11.8 Å². The SMILES string of the molecule is CC(C)C.CCC(=O)N1CCC(OCC(C)C)C1. The molecule has 0 radical (unpaired) electrons. The molecule has 0 aromatic carbocycles. The second kappa shape index (κ2) is 9.37. The summed E-state index contributed by atoms with van der Waals surface area (Å²) in [4.78, 5) is 13.3. The van der Waals surface area contributed by atoms with Gasteiger partial charge in [-0.15, -0.1) is 0 Å². The van der Waals surface area contributed by atoms with Gasteiger partial charge in [0.05, 0.1) is 6.10 Å². The van der Waals surface area contributed by atoms with Crippen molar-refractivity contribution in [2.75, 3.05) is 19.7 Å². The smallest absolute Gasteiger partial charge is 0.222 e. The van der Waals surface area contributed by atoms with Crippen LogP contribution in [0.15, 0.2) is 0 Å². The largest absolute Gasteiger partial charge is 0.376 e. The predicted molar refractivity (Wildman–Crippen MR) is 76.6 cm³/mol. The lowest BCUT2D eigenvalue weighted by Gasteiger charge is -2.16. The Morgan fingerprint density at radius 2 is 1.83 bits per heavy atom. The number of rotatable bonds is 4. The summed E-state index contributed by atoms with van der Waals surface area (Å²) in [6.45, 7) is 15.2. The Kier molecular flexibility index (Phi) is 9.08. The first-order valence-electron chi connectivity index (χ1n) is 7.26. The first-order valence-corrected chi connectivity index (χ1v) is 7.26. The number of hydrogen-bond donors (Lipinski definition) is 0. The van der Waals surface area contributed by atoms with E-state index in [0.29, 0.717) is 12.3 Å². The summed E-state index contributed by atoms with van der Waals surface area (Å²) in [5, 5.41) is 0. The number of carbonyl (C=O) groups excluding carboxylic acids is 1. The van der Waals surface area contributed by atoms with Crippen LogP contribution in [-0.2, 0) is 9.53 Å². The Bertz CT molecular complexity index is 224. The Balaban J connectivity index is 0.000000631. The van der Waals surface area contributed by atoms with Crippen LogP contribution in [-0.4, -0.2) is 36.6 Å². The van der Waals surface area contributed by atoms with Gasteiger partial charge >= 0.3 is 0 Å². The fraction of sp³-hybridized carbons (Fsp3) is 0.933. The van der Waals surface area contributed by atoms with Crippen molar-refractivity contribution in [3.63, 3.8) is 0 Å². The molecule has 1 aliphatic rings. The van der Waals surface area contributed by atoms with Gasteiger partial charge in [-0.2, -0.15) is 0 Å². The van der Waals surface area contributed by atoms with Gasteiger partial charge in [0, 0.05) is 26.1 Å². The van der Waals surface area contributed by atoms with Gasteiger partial charge in [-0.3, -0.25) is 4.79 Å². The Hall–Kier alpha value is -0.570. The molecule has 1 aliphatic heterocycles. The number of amides is 1. The number of carbonyl (C=O) groups is 1. The van der Waals surface area contributed by atoms with Crippen LogP contribution in [0.5, 0.6) is 0 Å².